The number of hydrogen-bond acceptors (Lipinski definition) is 5. The normalized spacial score (nSPS) is 24.9. The molecule has 180 valence electrons. The highest BCUT2D eigenvalue weighted by Gasteiger charge is 2.31. The second kappa shape index (κ2) is 10.1. The summed E-state index contributed by atoms with van der Waals surface area (Å²) in [4.78, 5) is 28.0. The Bertz CT molecular complexity index is 1210. The third-order valence-electron chi connectivity index (χ3n) is 6.14. The molecule has 0 saturated heterocycles. The van der Waals surface area contributed by atoms with Crippen LogP contribution in [0.1, 0.15) is 40.9 Å². The number of nitrogens with zero attached hydrogens (tertiary/aromatic N) is 2. The van der Waals surface area contributed by atoms with E-state index < -0.39 is 22.2 Å². The molecule has 1 N–H and O–H groups in total. The molecule has 8 nitrogen and oxygen atoms in total. The molecule has 34 heavy (non-hydrogen) atoms. The number of hydrogen-bond donors (Lipinski definition) is 1. The average molecular weight is 484 g/mol. The van der Waals surface area contributed by atoms with E-state index >= 15 is 0 Å². The largest absolute Gasteiger partial charge is 0.368 e. The molecule has 2 aromatic carbocycles. The lowest BCUT2D eigenvalue weighted by atomic mass is 9.94. The fraction of sp³-hybridized carbons (Fsp3) is 0.360. The van der Waals surface area contributed by atoms with Gasteiger partial charge in [-0.05, 0) is 42.7 Å². The molecule has 0 fully saturated rings. The molecule has 2 aliphatic heterocycles. The van der Waals surface area contributed by atoms with Crippen LogP contribution in [0.5, 0.6) is 0 Å². The van der Waals surface area contributed by atoms with Gasteiger partial charge in [-0.25, -0.2) is 8.42 Å². The number of rotatable bonds is 0. The molecule has 0 aliphatic carbocycles. The molecule has 2 amide bonds. The molecule has 9 heteroatoms. The Balaban J connectivity index is 1.72. The summed E-state index contributed by atoms with van der Waals surface area (Å²) in [6.07, 6.45) is 3.46. The van der Waals surface area contributed by atoms with E-state index in [1.807, 2.05) is 30.3 Å². The van der Waals surface area contributed by atoms with Crippen molar-refractivity contribution in [1.29, 1.82) is 0 Å². The predicted octanol–water partition coefficient (Wildman–Crippen LogP) is 2.49. The van der Waals surface area contributed by atoms with Crippen LogP contribution in [0.3, 0.4) is 0 Å². The summed E-state index contributed by atoms with van der Waals surface area (Å²) in [6.45, 7) is 2.85. The lowest BCUT2D eigenvalue weighted by Gasteiger charge is -2.35. The molecule has 2 aromatic rings. The van der Waals surface area contributed by atoms with E-state index in [9.17, 15) is 18.0 Å². The average Bonchev–Trinajstić information content (AvgIpc) is 2.84. The third kappa shape index (κ3) is 5.06. The number of amides is 2. The Kier molecular flexibility index (Phi) is 7.16. The number of benzene rings is 2. The molecule has 0 spiro atoms. The number of carbonyl (C=O) groups excluding carboxylic acids is 2. The standard InChI is InChI=1S/C25H29N3O5S/c1-18-24(29)26-23-17-28(16-20-9-4-5-12-22(20)23)25(30)19-10-8-11-21(15-19)34(31,32)27(2)13-6-3-7-14-33-18/h3-6,8-12,15,18,23H,7,13-14,16-17H2,1-2H3,(H,26,29)/b6-3+. The molecule has 2 heterocycles. The molecule has 0 aromatic heterocycles. The van der Waals surface area contributed by atoms with Gasteiger partial charge in [0.15, 0.2) is 0 Å². The van der Waals surface area contributed by atoms with Crippen LogP contribution in [0.25, 0.3) is 0 Å². The van der Waals surface area contributed by atoms with Crippen molar-refractivity contribution in [2.45, 2.75) is 36.9 Å². The first-order chi connectivity index (χ1) is 16.3. The van der Waals surface area contributed by atoms with E-state index in [1.165, 1.54) is 23.5 Å². The van der Waals surface area contributed by atoms with Crippen LogP contribution in [-0.2, 0) is 26.1 Å². The van der Waals surface area contributed by atoms with Crippen LogP contribution in [-0.4, -0.2) is 62.3 Å². The van der Waals surface area contributed by atoms with Gasteiger partial charge in [0.05, 0.1) is 17.5 Å². The van der Waals surface area contributed by atoms with Crippen molar-refractivity contribution in [2.24, 2.45) is 0 Å². The summed E-state index contributed by atoms with van der Waals surface area (Å²) in [5.74, 6) is -0.536. The smallest absolute Gasteiger partial charge is 0.254 e. The fourth-order valence-electron chi connectivity index (χ4n) is 4.15. The summed E-state index contributed by atoms with van der Waals surface area (Å²) in [5.41, 5.74) is 2.18. The quantitative estimate of drug-likeness (QED) is 0.581. The van der Waals surface area contributed by atoms with Gasteiger partial charge in [-0.2, -0.15) is 4.31 Å². The maximum Gasteiger partial charge on any atom is 0.254 e. The molecule has 4 bridgehead atoms. The summed E-state index contributed by atoms with van der Waals surface area (Å²) >= 11 is 0. The second-order valence-electron chi connectivity index (χ2n) is 8.53. The zero-order valence-electron chi connectivity index (χ0n) is 19.3. The van der Waals surface area contributed by atoms with Gasteiger partial charge < -0.3 is 15.0 Å². The van der Waals surface area contributed by atoms with Crippen LogP contribution < -0.4 is 5.32 Å². The van der Waals surface area contributed by atoms with Crippen molar-refractivity contribution in [3.63, 3.8) is 0 Å². The summed E-state index contributed by atoms with van der Waals surface area (Å²) in [5, 5.41) is 3.03. The van der Waals surface area contributed by atoms with Gasteiger partial charge in [0.1, 0.15) is 6.10 Å². The minimum absolute atomic E-state index is 0.0646. The van der Waals surface area contributed by atoms with E-state index in [4.69, 9.17) is 4.74 Å². The van der Waals surface area contributed by atoms with E-state index in [2.05, 4.69) is 5.32 Å². The minimum Gasteiger partial charge on any atom is -0.368 e. The summed E-state index contributed by atoms with van der Waals surface area (Å²) in [7, 11) is -2.26. The van der Waals surface area contributed by atoms with Gasteiger partial charge in [-0.3, -0.25) is 9.59 Å². The monoisotopic (exact) mass is 483 g/mol. The SMILES string of the molecule is CC1OCC/C=C/CN(C)S(=O)(=O)c2cccc(c2)C(=O)N2Cc3ccccc3C(C2)NC1=O. The van der Waals surface area contributed by atoms with Crippen LogP contribution in [0.15, 0.2) is 65.6 Å². The number of nitrogens with one attached hydrogen (secondary N) is 1. The molecule has 0 saturated carbocycles. The third-order valence-corrected chi connectivity index (χ3v) is 7.96. The Morgan fingerprint density at radius 3 is 2.68 bits per heavy atom. The van der Waals surface area contributed by atoms with E-state index in [0.29, 0.717) is 19.6 Å². The zero-order valence-corrected chi connectivity index (χ0v) is 20.1. The lowest BCUT2D eigenvalue weighted by molar-refractivity contribution is -0.132. The molecule has 2 aliphatic rings. The molecular weight excluding hydrogens is 454 g/mol. The number of carbonyl (C=O) groups is 2. The van der Waals surface area contributed by atoms with Crippen molar-refractivity contribution < 1.29 is 22.7 Å². The minimum atomic E-state index is -3.76. The van der Waals surface area contributed by atoms with Gasteiger partial charge >= 0.3 is 0 Å². The topological polar surface area (TPSA) is 96.0 Å². The Hall–Kier alpha value is -3.01. The van der Waals surface area contributed by atoms with Crippen molar-refractivity contribution in [3.05, 3.63) is 77.4 Å². The maximum absolute atomic E-state index is 13.4. The van der Waals surface area contributed by atoms with Crippen molar-refractivity contribution in [1.82, 2.24) is 14.5 Å². The van der Waals surface area contributed by atoms with Crippen LogP contribution in [0.4, 0.5) is 0 Å². The Labute approximate surface area is 200 Å². The van der Waals surface area contributed by atoms with Crippen LogP contribution in [0.2, 0.25) is 0 Å². The molecule has 0 radical (unpaired) electrons. The first-order valence-corrected chi connectivity index (χ1v) is 12.7. The molecular formula is C25H29N3O5S. The number of fused-ring (bicyclic) bond motifs is 6. The van der Waals surface area contributed by atoms with E-state index in [1.54, 1.807) is 30.0 Å². The number of ether oxygens (including phenoxy) is 1. The van der Waals surface area contributed by atoms with Gasteiger partial charge in [-0.15, -0.1) is 0 Å². The van der Waals surface area contributed by atoms with E-state index in [-0.39, 0.29) is 35.4 Å². The van der Waals surface area contributed by atoms with Gasteiger partial charge in [-0.1, -0.05) is 42.5 Å². The zero-order chi connectivity index (χ0) is 24.3. The predicted molar refractivity (Wildman–Crippen MR) is 127 cm³/mol. The van der Waals surface area contributed by atoms with E-state index in [0.717, 1.165) is 11.1 Å². The van der Waals surface area contributed by atoms with Crippen molar-refractivity contribution >= 4 is 21.8 Å². The van der Waals surface area contributed by atoms with Crippen LogP contribution >= 0.6 is 0 Å². The number of likely N-dealkylation sites (N-methyl/N-ethyl adjacent to an activating group) is 1. The first-order valence-electron chi connectivity index (χ1n) is 11.3. The highest BCUT2D eigenvalue weighted by atomic mass is 32.2. The van der Waals surface area contributed by atoms with Gasteiger partial charge in [0.25, 0.3) is 5.91 Å². The van der Waals surface area contributed by atoms with Crippen molar-refractivity contribution in [3.8, 4) is 0 Å². The summed E-state index contributed by atoms with van der Waals surface area (Å²) in [6, 6.07) is 13.4. The lowest BCUT2D eigenvalue weighted by Crippen LogP contribution is -2.46. The highest BCUT2D eigenvalue weighted by molar-refractivity contribution is 7.89. The summed E-state index contributed by atoms with van der Waals surface area (Å²) < 4.78 is 33.0. The Morgan fingerprint density at radius 2 is 1.85 bits per heavy atom. The second-order valence-corrected chi connectivity index (χ2v) is 10.6. The molecule has 4 rings (SSSR count). The first kappa shape index (κ1) is 24.1. The van der Waals surface area contributed by atoms with Crippen molar-refractivity contribution in [2.75, 3.05) is 26.7 Å². The number of sulfonamides is 1. The maximum atomic E-state index is 13.4. The fourth-order valence-corrected chi connectivity index (χ4v) is 5.32. The van der Waals surface area contributed by atoms with Gasteiger partial charge in [0, 0.05) is 32.2 Å². The highest BCUT2D eigenvalue weighted by Crippen LogP contribution is 2.28. The van der Waals surface area contributed by atoms with Crippen LogP contribution in [0, 0.1) is 0 Å². The Morgan fingerprint density at radius 1 is 1.06 bits per heavy atom. The van der Waals surface area contributed by atoms with Gasteiger partial charge in [0.2, 0.25) is 15.9 Å². The molecule has 2 atom stereocenters. The molecule has 2 unspecified atom stereocenters.